The Morgan fingerprint density at radius 2 is 1.97 bits per heavy atom. The number of carbonyl (C=O) groups excluding carboxylic acids is 1. The topological polar surface area (TPSA) is 104 Å². The Labute approximate surface area is 182 Å². The van der Waals surface area contributed by atoms with Gasteiger partial charge in [0.2, 0.25) is 5.88 Å². The predicted octanol–water partition coefficient (Wildman–Crippen LogP) is 3.35. The molecule has 3 aromatic heterocycles. The number of nitrogens with zero attached hydrogens (tertiary/aromatic N) is 4. The summed E-state index contributed by atoms with van der Waals surface area (Å²) in [6.45, 7) is 0.529. The monoisotopic (exact) mass is 429 g/mol. The summed E-state index contributed by atoms with van der Waals surface area (Å²) >= 11 is 0. The van der Waals surface area contributed by atoms with Gasteiger partial charge < -0.3 is 19.2 Å². The Hall–Kier alpha value is -4.40. The van der Waals surface area contributed by atoms with Gasteiger partial charge in [-0.3, -0.25) is 4.79 Å². The number of hydrogen-bond acceptors (Lipinski definition) is 7. The lowest BCUT2D eigenvalue weighted by Gasteiger charge is -2.07. The maximum absolute atomic E-state index is 12.3. The molecule has 2 aromatic carbocycles. The minimum atomic E-state index is -0.299. The van der Waals surface area contributed by atoms with Gasteiger partial charge in [-0.15, -0.1) is 15.3 Å². The summed E-state index contributed by atoms with van der Waals surface area (Å²) in [4.78, 5) is 12.3. The maximum atomic E-state index is 12.3. The minimum Gasteiger partial charge on any atom is -0.497 e. The summed E-state index contributed by atoms with van der Waals surface area (Å²) in [5.74, 6) is 1.64. The first-order valence-corrected chi connectivity index (χ1v) is 9.98. The molecule has 3 heterocycles. The molecule has 9 heteroatoms. The maximum Gasteiger partial charge on any atom is 0.287 e. The lowest BCUT2D eigenvalue weighted by Crippen LogP contribution is -2.27. The van der Waals surface area contributed by atoms with Crippen molar-refractivity contribution in [1.82, 2.24) is 25.1 Å². The highest BCUT2D eigenvalue weighted by atomic mass is 16.5. The largest absolute Gasteiger partial charge is 0.497 e. The number of rotatable bonds is 7. The molecule has 0 bridgehead atoms. The molecular weight excluding hydrogens is 410 g/mol. The number of fused-ring (bicyclic) bond motifs is 2. The van der Waals surface area contributed by atoms with Crippen molar-refractivity contribution in [2.75, 3.05) is 20.3 Å². The molecule has 5 rings (SSSR count). The van der Waals surface area contributed by atoms with E-state index in [2.05, 4.69) is 20.6 Å². The Bertz CT molecular complexity index is 1380. The number of benzene rings is 2. The van der Waals surface area contributed by atoms with E-state index in [0.29, 0.717) is 35.2 Å². The van der Waals surface area contributed by atoms with Crippen molar-refractivity contribution >= 4 is 22.5 Å². The molecule has 32 heavy (non-hydrogen) atoms. The number of carbonyl (C=O) groups is 1. The van der Waals surface area contributed by atoms with Gasteiger partial charge in [0.25, 0.3) is 5.91 Å². The van der Waals surface area contributed by atoms with Crippen LogP contribution in [0.15, 0.2) is 71.1 Å². The second-order valence-electron chi connectivity index (χ2n) is 6.95. The molecule has 160 valence electrons. The molecular formula is C23H19N5O4. The quantitative estimate of drug-likeness (QED) is 0.396. The summed E-state index contributed by atoms with van der Waals surface area (Å²) in [7, 11) is 1.61. The number of aromatic nitrogens is 4. The summed E-state index contributed by atoms with van der Waals surface area (Å²) in [5, 5.41) is 16.5. The van der Waals surface area contributed by atoms with Crippen molar-refractivity contribution in [3.05, 3.63) is 72.5 Å². The fourth-order valence-electron chi connectivity index (χ4n) is 3.29. The Kier molecular flexibility index (Phi) is 5.12. The van der Waals surface area contributed by atoms with Crippen LogP contribution in [0.1, 0.15) is 10.6 Å². The molecule has 0 fully saturated rings. The van der Waals surface area contributed by atoms with Crippen LogP contribution in [0.4, 0.5) is 0 Å². The van der Waals surface area contributed by atoms with Crippen LogP contribution in [0.25, 0.3) is 28.0 Å². The molecule has 0 saturated carbocycles. The van der Waals surface area contributed by atoms with E-state index in [-0.39, 0.29) is 18.3 Å². The van der Waals surface area contributed by atoms with Gasteiger partial charge in [-0.05, 0) is 30.3 Å². The Morgan fingerprint density at radius 3 is 2.84 bits per heavy atom. The standard InChI is InChI=1S/C23H19N5O4/c1-30-17-7-4-6-16(13-17)22-26-25-20-9-10-21(27-28(20)22)31-12-11-24-23(29)19-14-15-5-2-3-8-18(15)32-19/h2-10,13-14H,11-12H2,1H3,(H,24,29). The molecule has 1 N–H and O–H groups in total. The van der Waals surface area contributed by atoms with Gasteiger partial charge in [0, 0.05) is 17.0 Å². The van der Waals surface area contributed by atoms with Crippen molar-refractivity contribution in [2.24, 2.45) is 0 Å². The van der Waals surface area contributed by atoms with Crippen LogP contribution in [-0.4, -0.2) is 46.0 Å². The molecule has 0 unspecified atom stereocenters. The first kappa shape index (κ1) is 19.6. The van der Waals surface area contributed by atoms with Crippen LogP contribution in [0.2, 0.25) is 0 Å². The van der Waals surface area contributed by atoms with Crippen molar-refractivity contribution in [1.29, 1.82) is 0 Å². The number of para-hydroxylation sites is 1. The van der Waals surface area contributed by atoms with Gasteiger partial charge in [0.15, 0.2) is 17.2 Å². The van der Waals surface area contributed by atoms with Gasteiger partial charge >= 0.3 is 0 Å². The second kappa shape index (κ2) is 8.38. The molecule has 1 amide bonds. The van der Waals surface area contributed by atoms with E-state index in [1.165, 1.54) is 0 Å². The van der Waals surface area contributed by atoms with Crippen molar-refractivity contribution < 1.29 is 18.7 Å². The number of methoxy groups -OCH3 is 1. The van der Waals surface area contributed by atoms with Crippen LogP contribution in [-0.2, 0) is 0 Å². The first-order valence-electron chi connectivity index (χ1n) is 9.98. The van der Waals surface area contributed by atoms with Crippen LogP contribution in [0, 0.1) is 0 Å². The SMILES string of the molecule is COc1cccc(-c2nnc3ccc(OCCNC(=O)c4cc5ccccc5o4)nn23)c1. The fraction of sp³-hybridized carbons (Fsp3) is 0.130. The number of ether oxygens (including phenoxy) is 2. The third-order valence-corrected chi connectivity index (χ3v) is 4.85. The number of amides is 1. The zero-order valence-corrected chi connectivity index (χ0v) is 17.2. The molecule has 9 nitrogen and oxygen atoms in total. The fourth-order valence-corrected chi connectivity index (χ4v) is 3.29. The van der Waals surface area contributed by atoms with Gasteiger partial charge in [0.1, 0.15) is 17.9 Å². The highest BCUT2D eigenvalue weighted by Gasteiger charge is 2.13. The highest BCUT2D eigenvalue weighted by Crippen LogP contribution is 2.23. The van der Waals surface area contributed by atoms with Gasteiger partial charge in [0.05, 0.1) is 13.7 Å². The van der Waals surface area contributed by atoms with Crippen LogP contribution in [0.5, 0.6) is 11.6 Å². The van der Waals surface area contributed by atoms with E-state index in [0.717, 1.165) is 10.9 Å². The molecule has 0 aliphatic carbocycles. The van der Waals surface area contributed by atoms with Crippen LogP contribution >= 0.6 is 0 Å². The van der Waals surface area contributed by atoms with Gasteiger partial charge in [-0.1, -0.05) is 30.3 Å². The zero-order valence-electron chi connectivity index (χ0n) is 17.2. The lowest BCUT2D eigenvalue weighted by atomic mass is 10.2. The average molecular weight is 429 g/mol. The lowest BCUT2D eigenvalue weighted by molar-refractivity contribution is 0.0921. The highest BCUT2D eigenvalue weighted by molar-refractivity contribution is 5.96. The van der Waals surface area contributed by atoms with Gasteiger partial charge in [-0.25, -0.2) is 0 Å². The summed E-state index contributed by atoms with van der Waals surface area (Å²) < 4.78 is 18.2. The summed E-state index contributed by atoms with van der Waals surface area (Å²) in [6.07, 6.45) is 0. The summed E-state index contributed by atoms with van der Waals surface area (Å²) in [6, 6.07) is 20.2. The Morgan fingerprint density at radius 1 is 1.06 bits per heavy atom. The van der Waals surface area contributed by atoms with E-state index in [1.54, 1.807) is 29.8 Å². The Balaban J connectivity index is 1.24. The van der Waals surface area contributed by atoms with Crippen molar-refractivity contribution in [3.63, 3.8) is 0 Å². The van der Waals surface area contributed by atoms with Crippen LogP contribution < -0.4 is 14.8 Å². The van der Waals surface area contributed by atoms with E-state index in [9.17, 15) is 4.79 Å². The minimum absolute atomic E-state index is 0.237. The normalized spacial score (nSPS) is 11.0. The van der Waals surface area contributed by atoms with E-state index >= 15 is 0 Å². The number of nitrogens with one attached hydrogen (secondary N) is 1. The molecule has 0 radical (unpaired) electrons. The first-order chi connectivity index (χ1) is 15.7. The predicted molar refractivity (Wildman–Crippen MR) is 117 cm³/mol. The molecule has 5 aromatic rings. The van der Waals surface area contributed by atoms with E-state index < -0.39 is 0 Å². The molecule has 0 aliphatic heterocycles. The third kappa shape index (κ3) is 3.83. The smallest absolute Gasteiger partial charge is 0.287 e. The second-order valence-corrected chi connectivity index (χ2v) is 6.95. The van der Waals surface area contributed by atoms with Crippen molar-refractivity contribution in [2.45, 2.75) is 0 Å². The number of hydrogen-bond donors (Lipinski definition) is 1. The van der Waals surface area contributed by atoms with Gasteiger partial charge in [-0.2, -0.15) is 4.52 Å². The molecule has 0 atom stereocenters. The summed E-state index contributed by atoms with van der Waals surface area (Å²) in [5.41, 5.74) is 2.08. The van der Waals surface area contributed by atoms with Crippen molar-refractivity contribution in [3.8, 4) is 23.0 Å². The van der Waals surface area contributed by atoms with E-state index in [4.69, 9.17) is 13.9 Å². The number of furan rings is 1. The zero-order chi connectivity index (χ0) is 21.9. The molecule has 0 aliphatic rings. The molecule has 0 saturated heterocycles. The van der Waals surface area contributed by atoms with Crippen LogP contribution in [0.3, 0.4) is 0 Å². The molecule has 0 spiro atoms. The average Bonchev–Trinajstić information content (AvgIpc) is 3.46. The van der Waals surface area contributed by atoms with E-state index in [1.807, 2.05) is 48.5 Å². The third-order valence-electron chi connectivity index (χ3n) is 4.85.